The van der Waals surface area contributed by atoms with E-state index in [4.69, 9.17) is 18.9 Å². The van der Waals surface area contributed by atoms with E-state index in [1.165, 1.54) is 28.4 Å². The Labute approximate surface area is 160 Å². The van der Waals surface area contributed by atoms with Gasteiger partial charge in [-0.3, -0.25) is 0 Å². The number of halogens is 4. The average Bonchev–Trinajstić information content (AvgIpc) is 2.68. The molecule has 3 rings (SSSR count). The summed E-state index contributed by atoms with van der Waals surface area (Å²) in [6.45, 7) is 0. The molecule has 8 heteroatoms. The predicted molar refractivity (Wildman–Crippen MR) is 93.7 cm³/mol. The summed E-state index contributed by atoms with van der Waals surface area (Å²) in [5.41, 5.74) is -0.234. The van der Waals surface area contributed by atoms with Gasteiger partial charge >= 0.3 is 0 Å². The molecule has 1 aliphatic carbocycles. The van der Waals surface area contributed by atoms with Gasteiger partial charge in [0, 0.05) is 22.3 Å². The fourth-order valence-corrected chi connectivity index (χ4v) is 3.74. The Morgan fingerprint density at radius 1 is 0.429 bits per heavy atom. The Kier molecular flexibility index (Phi) is 5.58. The smallest absolute Gasteiger partial charge is 0.207 e. The molecule has 0 N–H and O–H groups in total. The van der Waals surface area contributed by atoms with Gasteiger partial charge in [0.25, 0.3) is 0 Å². The molecule has 0 atom stereocenters. The topological polar surface area (TPSA) is 36.9 Å². The quantitative estimate of drug-likeness (QED) is 0.723. The summed E-state index contributed by atoms with van der Waals surface area (Å²) in [7, 11) is 4.83. The van der Waals surface area contributed by atoms with Crippen molar-refractivity contribution in [1.82, 2.24) is 0 Å². The molecule has 0 spiro atoms. The molecule has 0 radical (unpaired) electrons. The Hall–Kier alpha value is -2.64. The molecule has 0 heterocycles. The van der Waals surface area contributed by atoms with E-state index in [0.717, 1.165) is 0 Å². The lowest BCUT2D eigenvalue weighted by Crippen LogP contribution is -2.14. The fraction of sp³-hybridized carbons (Fsp3) is 0.400. The lowest BCUT2D eigenvalue weighted by molar-refractivity contribution is 0.330. The normalized spacial score (nSPS) is 13.1. The molecule has 0 unspecified atom stereocenters. The third-order valence-electron chi connectivity index (χ3n) is 5.02. The van der Waals surface area contributed by atoms with E-state index in [9.17, 15) is 8.78 Å². The summed E-state index contributed by atoms with van der Waals surface area (Å²) >= 11 is 0. The van der Waals surface area contributed by atoms with Crippen LogP contribution in [0.4, 0.5) is 17.6 Å². The summed E-state index contributed by atoms with van der Waals surface area (Å²) in [5.74, 6) is -4.27. The largest absolute Gasteiger partial charge is 0.493 e. The van der Waals surface area contributed by atoms with Crippen LogP contribution in [0.5, 0.6) is 23.0 Å². The zero-order chi connectivity index (χ0) is 20.6. The van der Waals surface area contributed by atoms with Crippen molar-refractivity contribution < 1.29 is 36.5 Å². The van der Waals surface area contributed by atoms with Crippen molar-refractivity contribution in [3.05, 3.63) is 45.5 Å². The van der Waals surface area contributed by atoms with Gasteiger partial charge in [0.15, 0.2) is 23.0 Å². The first kappa shape index (κ1) is 20.1. The molecule has 4 nitrogen and oxygen atoms in total. The van der Waals surface area contributed by atoms with Crippen molar-refractivity contribution in [3.8, 4) is 23.0 Å². The first-order chi connectivity index (χ1) is 13.4. The van der Waals surface area contributed by atoms with Crippen LogP contribution in [0.1, 0.15) is 22.3 Å². The van der Waals surface area contributed by atoms with Crippen molar-refractivity contribution in [3.63, 3.8) is 0 Å². The number of fused-ring (bicyclic) bond motifs is 4. The molecule has 4 bridgehead atoms. The van der Waals surface area contributed by atoms with Crippen LogP contribution in [0.15, 0.2) is 0 Å². The molecule has 1 aliphatic rings. The SMILES string of the molecule is COc1c(F)c(OC)c2c(F)c1CCc1c(F)c(c(OC)c(F)c1OC)CC2. The third-order valence-corrected chi connectivity index (χ3v) is 5.02. The summed E-state index contributed by atoms with van der Waals surface area (Å²) in [5, 5.41) is 0. The van der Waals surface area contributed by atoms with E-state index >= 15 is 8.78 Å². The van der Waals surface area contributed by atoms with Gasteiger partial charge in [-0.1, -0.05) is 0 Å². The molecular weight excluding hydrogens is 380 g/mol. The zero-order valence-corrected chi connectivity index (χ0v) is 16.0. The molecule has 28 heavy (non-hydrogen) atoms. The van der Waals surface area contributed by atoms with Gasteiger partial charge in [0.05, 0.1) is 28.4 Å². The van der Waals surface area contributed by atoms with Crippen LogP contribution < -0.4 is 18.9 Å². The molecule has 0 aromatic heterocycles. The highest BCUT2D eigenvalue weighted by Gasteiger charge is 2.31. The van der Waals surface area contributed by atoms with Crippen LogP contribution in [0.25, 0.3) is 0 Å². The van der Waals surface area contributed by atoms with E-state index in [-0.39, 0.29) is 70.9 Å². The number of hydrogen-bond acceptors (Lipinski definition) is 4. The van der Waals surface area contributed by atoms with E-state index in [0.29, 0.717) is 0 Å². The maximum absolute atomic E-state index is 15.2. The maximum atomic E-state index is 15.2. The van der Waals surface area contributed by atoms with Gasteiger partial charge in [-0.25, -0.2) is 8.78 Å². The van der Waals surface area contributed by atoms with Crippen molar-refractivity contribution in [1.29, 1.82) is 0 Å². The van der Waals surface area contributed by atoms with Crippen LogP contribution in [0.3, 0.4) is 0 Å². The van der Waals surface area contributed by atoms with E-state index in [1.807, 2.05) is 0 Å². The number of methoxy groups -OCH3 is 4. The Morgan fingerprint density at radius 3 is 0.821 bits per heavy atom. The second kappa shape index (κ2) is 7.77. The van der Waals surface area contributed by atoms with E-state index in [2.05, 4.69) is 0 Å². The van der Waals surface area contributed by atoms with E-state index < -0.39 is 23.3 Å². The van der Waals surface area contributed by atoms with Gasteiger partial charge in [-0.05, 0) is 25.7 Å². The molecule has 0 fully saturated rings. The standard InChI is InChI=1S/C20H20F4O4/c1-25-17-9-5-6-11-14(22)12(20(28-4)16(24)19(11)27-3)8-7-10(13(9)21)18(26-2)15(17)23/h5-8H2,1-4H3. The zero-order valence-electron chi connectivity index (χ0n) is 16.0. The maximum Gasteiger partial charge on any atom is 0.207 e. The highest BCUT2D eigenvalue weighted by molar-refractivity contribution is 5.54. The van der Waals surface area contributed by atoms with Gasteiger partial charge in [0.1, 0.15) is 11.6 Å². The summed E-state index contributed by atoms with van der Waals surface area (Å²) in [6.07, 6.45) is -0.494. The fourth-order valence-electron chi connectivity index (χ4n) is 3.74. The van der Waals surface area contributed by atoms with Crippen molar-refractivity contribution >= 4 is 0 Å². The molecule has 152 valence electrons. The lowest BCUT2D eigenvalue weighted by atomic mass is 9.91. The van der Waals surface area contributed by atoms with Crippen molar-refractivity contribution in [2.24, 2.45) is 0 Å². The van der Waals surface area contributed by atoms with Crippen LogP contribution in [-0.2, 0) is 25.7 Å². The number of hydrogen-bond donors (Lipinski definition) is 0. The van der Waals surface area contributed by atoms with Gasteiger partial charge in [0.2, 0.25) is 11.6 Å². The van der Waals surface area contributed by atoms with E-state index in [1.54, 1.807) is 0 Å². The number of benzene rings is 2. The van der Waals surface area contributed by atoms with Crippen molar-refractivity contribution in [2.75, 3.05) is 28.4 Å². The Bertz CT molecular complexity index is 786. The highest BCUT2D eigenvalue weighted by Crippen LogP contribution is 2.43. The summed E-state index contributed by atoms with van der Waals surface area (Å²) in [4.78, 5) is 0. The molecule has 2 aromatic carbocycles. The monoisotopic (exact) mass is 400 g/mol. The lowest BCUT2D eigenvalue weighted by Gasteiger charge is -2.22. The molecule has 0 saturated heterocycles. The van der Waals surface area contributed by atoms with Crippen LogP contribution in [0.2, 0.25) is 0 Å². The highest BCUT2D eigenvalue weighted by atomic mass is 19.1. The van der Waals surface area contributed by atoms with Crippen LogP contribution in [-0.4, -0.2) is 28.4 Å². The third kappa shape index (κ3) is 2.91. The molecule has 0 aliphatic heterocycles. The molecule has 0 amide bonds. The summed E-state index contributed by atoms with van der Waals surface area (Å²) in [6, 6.07) is 0. The van der Waals surface area contributed by atoms with Crippen LogP contribution >= 0.6 is 0 Å². The minimum absolute atomic E-state index is 0.0584. The number of rotatable bonds is 4. The first-order valence-electron chi connectivity index (χ1n) is 8.62. The minimum atomic E-state index is -0.828. The first-order valence-corrected chi connectivity index (χ1v) is 8.62. The van der Waals surface area contributed by atoms with Crippen molar-refractivity contribution in [2.45, 2.75) is 25.7 Å². The summed E-state index contributed by atoms with van der Waals surface area (Å²) < 4.78 is 80.2. The molecule has 0 saturated carbocycles. The average molecular weight is 400 g/mol. The Balaban J connectivity index is 2.28. The molecular formula is C20H20F4O4. The van der Waals surface area contributed by atoms with Crippen LogP contribution in [0, 0.1) is 23.3 Å². The second-order valence-corrected chi connectivity index (χ2v) is 6.30. The predicted octanol–water partition coefficient (Wildman–Crippen LogP) is 4.16. The minimum Gasteiger partial charge on any atom is -0.493 e. The molecule has 2 aromatic rings. The van der Waals surface area contributed by atoms with Gasteiger partial charge in [-0.15, -0.1) is 0 Å². The Morgan fingerprint density at radius 2 is 0.643 bits per heavy atom. The van der Waals surface area contributed by atoms with Gasteiger partial charge < -0.3 is 18.9 Å². The van der Waals surface area contributed by atoms with Gasteiger partial charge in [-0.2, -0.15) is 8.78 Å². The number of ether oxygens (including phenoxy) is 4. The second-order valence-electron chi connectivity index (χ2n) is 6.30.